The van der Waals surface area contributed by atoms with Crippen LogP contribution in [-0.4, -0.2) is 48.9 Å². The molecule has 2 aromatic carbocycles. The predicted octanol–water partition coefficient (Wildman–Crippen LogP) is 4.13. The third-order valence-corrected chi connectivity index (χ3v) is 5.22. The van der Waals surface area contributed by atoms with E-state index >= 15 is 0 Å². The summed E-state index contributed by atoms with van der Waals surface area (Å²) >= 11 is 0. The smallest absolute Gasteiger partial charge is 0.322 e. The molecule has 2 heterocycles. The van der Waals surface area contributed by atoms with E-state index in [4.69, 9.17) is 18.7 Å². The predicted molar refractivity (Wildman–Crippen MR) is 114 cm³/mol. The van der Waals surface area contributed by atoms with Gasteiger partial charge in [0.05, 0.1) is 27.0 Å². The number of hydrogen-bond acceptors (Lipinski definition) is 7. The van der Waals surface area contributed by atoms with Crippen molar-refractivity contribution in [2.24, 2.45) is 0 Å². The first-order valence-corrected chi connectivity index (χ1v) is 9.90. The van der Waals surface area contributed by atoms with E-state index in [1.54, 1.807) is 44.4 Å². The van der Waals surface area contributed by atoms with Crippen LogP contribution in [0.25, 0.3) is 11.4 Å². The van der Waals surface area contributed by atoms with Crippen LogP contribution < -0.4 is 19.5 Å². The van der Waals surface area contributed by atoms with Gasteiger partial charge in [0, 0.05) is 18.2 Å². The SMILES string of the molecule is COc1cccc(-c2noc([C@H]3CCCN3C(=O)Nc3cc(OC)ccc3OC)n2)c1. The normalized spacial score (nSPS) is 15.6. The number of methoxy groups -OCH3 is 3. The lowest BCUT2D eigenvalue weighted by Gasteiger charge is -2.23. The Labute approximate surface area is 179 Å². The molecule has 1 N–H and O–H groups in total. The largest absolute Gasteiger partial charge is 0.497 e. The summed E-state index contributed by atoms with van der Waals surface area (Å²) in [6.45, 7) is 0.583. The summed E-state index contributed by atoms with van der Waals surface area (Å²) in [7, 11) is 4.72. The number of nitrogens with zero attached hydrogens (tertiary/aromatic N) is 3. The van der Waals surface area contributed by atoms with Crippen molar-refractivity contribution < 1.29 is 23.5 Å². The highest BCUT2D eigenvalue weighted by atomic mass is 16.5. The van der Waals surface area contributed by atoms with Crippen molar-refractivity contribution in [2.75, 3.05) is 33.2 Å². The summed E-state index contributed by atoms with van der Waals surface area (Å²) in [4.78, 5) is 19.3. The summed E-state index contributed by atoms with van der Waals surface area (Å²) in [5, 5.41) is 7.00. The maximum Gasteiger partial charge on any atom is 0.322 e. The van der Waals surface area contributed by atoms with Crippen molar-refractivity contribution in [3.63, 3.8) is 0 Å². The minimum atomic E-state index is -0.302. The minimum Gasteiger partial charge on any atom is -0.497 e. The maximum atomic E-state index is 13.0. The number of urea groups is 1. The zero-order chi connectivity index (χ0) is 21.8. The molecule has 0 aliphatic carbocycles. The van der Waals surface area contributed by atoms with Crippen LogP contribution in [-0.2, 0) is 0 Å². The molecule has 1 aromatic heterocycles. The summed E-state index contributed by atoms with van der Waals surface area (Å²) in [6.07, 6.45) is 1.58. The Bertz CT molecular complexity index is 1070. The second-order valence-corrected chi connectivity index (χ2v) is 7.04. The third kappa shape index (κ3) is 4.25. The highest BCUT2D eigenvalue weighted by Crippen LogP contribution is 2.34. The Morgan fingerprint density at radius 3 is 2.68 bits per heavy atom. The van der Waals surface area contributed by atoms with Gasteiger partial charge in [-0.15, -0.1) is 0 Å². The van der Waals surface area contributed by atoms with Crippen molar-refractivity contribution in [1.29, 1.82) is 0 Å². The minimum absolute atomic E-state index is 0.268. The molecule has 4 rings (SSSR count). The quantitative estimate of drug-likeness (QED) is 0.635. The molecule has 0 unspecified atom stereocenters. The fourth-order valence-electron chi connectivity index (χ4n) is 3.62. The first-order valence-electron chi connectivity index (χ1n) is 9.90. The van der Waals surface area contributed by atoms with Crippen LogP contribution in [0.2, 0.25) is 0 Å². The van der Waals surface area contributed by atoms with E-state index in [-0.39, 0.29) is 12.1 Å². The van der Waals surface area contributed by atoms with Gasteiger partial charge < -0.3 is 29.0 Å². The number of hydrogen-bond donors (Lipinski definition) is 1. The average molecular weight is 424 g/mol. The zero-order valence-corrected chi connectivity index (χ0v) is 17.6. The van der Waals surface area contributed by atoms with Crippen LogP contribution in [0, 0.1) is 0 Å². The molecule has 0 bridgehead atoms. The molecule has 2 amide bonds. The average Bonchev–Trinajstić information content (AvgIpc) is 3.48. The fraction of sp³-hybridized carbons (Fsp3) is 0.318. The van der Waals surface area contributed by atoms with Gasteiger partial charge in [0.25, 0.3) is 0 Å². The van der Waals surface area contributed by atoms with Gasteiger partial charge in [0.1, 0.15) is 23.3 Å². The van der Waals surface area contributed by atoms with E-state index in [0.29, 0.717) is 41.2 Å². The van der Waals surface area contributed by atoms with Gasteiger partial charge in [-0.2, -0.15) is 4.98 Å². The molecular formula is C22H24N4O5. The third-order valence-electron chi connectivity index (χ3n) is 5.22. The summed E-state index contributed by atoms with van der Waals surface area (Å²) in [5.74, 6) is 2.73. The van der Waals surface area contributed by atoms with Crippen LogP contribution >= 0.6 is 0 Å². The summed E-state index contributed by atoms with van der Waals surface area (Å²) in [5.41, 5.74) is 1.31. The molecule has 3 aromatic rings. The summed E-state index contributed by atoms with van der Waals surface area (Å²) < 4.78 is 21.4. The van der Waals surface area contributed by atoms with Gasteiger partial charge in [0.2, 0.25) is 11.7 Å². The van der Waals surface area contributed by atoms with Crippen molar-refractivity contribution >= 4 is 11.7 Å². The molecular weight excluding hydrogens is 400 g/mol. The lowest BCUT2D eigenvalue weighted by atomic mass is 10.2. The number of carbonyl (C=O) groups is 1. The molecule has 0 radical (unpaired) electrons. The molecule has 1 aliphatic rings. The van der Waals surface area contributed by atoms with Gasteiger partial charge in [-0.05, 0) is 37.1 Å². The van der Waals surface area contributed by atoms with E-state index in [1.807, 2.05) is 24.3 Å². The summed E-state index contributed by atoms with van der Waals surface area (Å²) in [6, 6.07) is 12.1. The molecule has 1 fully saturated rings. The lowest BCUT2D eigenvalue weighted by Crippen LogP contribution is -2.34. The number of benzene rings is 2. The highest BCUT2D eigenvalue weighted by molar-refractivity contribution is 5.91. The molecule has 0 spiro atoms. The Morgan fingerprint density at radius 1 is 1.10 bits per heavy atom. The second kappa shape index (κ2) is 8.95. The Balaban J connectivity index is 1.53. The molecule has 31 heavy (non-hydrogen) atoms. The standard InChI is InChI=1S/C22H24N4O5/c1-28-15-7-4-6-14(12-15)20-24-21(31-25-20)18-8-5-11-26(18)22(27)23-17-13-16(29-2)9-10-19(17)30-3/h4,6-7,9-10,12-13,18H,5,8,11H2,1-3H3,(H,23,27)/t18-/m1/s1. The first-order chi connectivity index (χ1) is 15.1. The van der Waals surface area contributed by atoms with Crippen molar-refractivity contribution in [3.05, 3.63) is 48.4 Å². The van der Waals surface area contributed by atoms with Gasteiger partial charge in [-0.25, -0.2) is 4.79 Å². The topological polar surface area (TPSA) is 99.0 Å². The fourth-order valence-corrected chi connectivity index (χ4v) is 3.62. The number of likely N-dealkylation sites (tertiary alicyclic amines) is 1. The van der Waals surface area contributed by atoms with Gasteiger partial charge >= 0.3 is 6.03 Å². The number of aromatic nitrogens is 2. The van der Waals surface area contributed by atoms with Gasteiger partial charge in [-0.3, -0.25) is 0 Å². The number of carbonyl (C=O) groups excluding carboxylic acids is 1. The number of amides is 2. The van der Waals surface area contributed by atoms with Crippen LogP contribution in [0.15, 0.2) is 47.0 Å². The first kappa shape index (κ1) is 20.5. The number of anilines is 1. The van der Waals surface area contributed by atoms with Gasteiger partial charge in [0.15, 0.2) is 0 Å². The maximum absolute atomic E-state index is 13.0. The van der Waals surface area contributed by atoms with E-state index in [9.17, 15) is 4.79 Å². The van der Waals surface area contributed by atoms with Crippen LogP contribution in [0.1, 0.15) is 24.8 Å². The number of ether oxygens (including phenoxy) is 3. The van der Waals surface area contributed by atoms with Crippen molar-refractivity contribution in [2.45, 2.75) is 18.9 Å². The lowest BCUT2D eigenvalue weighted by molar-refractivity contribution is 0.193. The Hall–Kier alpha value is -3.75. The Morgan fingerprint density at radius 2 is 1.90 bits per heavy atom. The molecule has 1 aliphatic heterocycles. The molecule has 162 valence electrons. The van der Waals surface area contributed by atoms with Crippen molar-refractivity contribution in [1.82, 2.24) is 15.0 Å². The molecule has 1 atom stereocenters. The van der Waals surface area contributed by atoms with E-state index in [1.165, 1.54) is 0 Å². The molecule has 1 saturated heterocycles. The van der Waals surface area contributed by atoms with Gasteiger partial charge in [-0.1, -0.05) is 17.3 Å². The highest BCUT2D eigenvalue weighted by Gasteiger charge is 2.34. The number of nitrogens with one attached hydrogen (secondary N) is 1. The molecule has 9 nitrogen and oxygen atoms in total. The van der Waals surface area contributed by atoms with E-state index in [0.717, 1.165) is 18.4 Å². The zero-order valence-electron chi connectivity index (χ0n) is 17.6. The monoisotopic (exact) mass is 424 g/mol. The van der Waals surface area contributed by atoms with Crippen LogP contribution in [0.3, 0.4) is 0 Å². The van der Waals surface area contributed by atoms with Crippen LogP contribution in [0.5, 0.6) is 17.2 Å². The van der Waals surface area contributed by atoms with Crippen molar-refractivity contribution in [3.8, 4) is 28.6 Å². The molecule has 9 heteroatoms. The second-order valence-electron chi connectivity index (χ2n) is 7.04. The molecule has 0 saturated carbocycles. The van der Waals surface area contributed by atoms with E-state index < -0.39 is 0 Å². The number of rotatable bonds is 6. The van der Waals surface area contributed by atoms with E-state index in [2.05, 4.69) is 15.5 Å². The van der Waals surface area contributed by atoms with Crippen LogP contribution in [0.4, 0.5) is 10.5 Å². The Kier molecular flexibility index (Phi) is 5.92.